The average Bonchev–Trinajstić information content (AvgIpc) is 2.58. The highest BCUT2D eigenvalue weighted by Crippen LogP contribution is 2.43. The summed E-state index contributed by atoms with van der Waals surface area (Å²) < 4.78 is 0.467. The molecule has 1 fully saturated rings. The van der Waals surface area contributed by atoms with E-state index in [2.05, 4.69) is 6.92 Å². The molecule has 0 saturated carbocycles. The molecule has 1 aliphatic rings. The fourth-order valence-corrected chi connectivity index (χ4v) is 5.33. The first-order chi connectivity index (χ1) is 11.1. The van der Waals surface area contributed by atoms with Crippen LogP contribution >= 0.6 is 23.5 Å². The summed E-state index contributed by atoms with van der Waals surface area (Å²) in [6, 6.07) is 7.80. The number of carbonyl (C=O) groups is 2. The molecule has 0 spiro atoms. The second-order valence-electron chi connectivity index (χ2n) is 5.60. The lowest BCUT2D eigenvalue weighted by Gasteiger charge is -2.23. The monoisotopic (exact) mass is 352 g/mol. The number of hydrogen-bond donors (Lipinski definition) is 1. The van der Waals surface area contributed by atoms with Crippen molar-refractivity contribution in [2.24, 2.45) is 5.73 Å². The number of amides is 2. The van der Waals surface area contributed by atoms with Gasteiger partial charge in [0.2, 0.25) is 5.91 Å². The molecule has 1 aromatic rings. The molecule has 2 N–H and O–H groups in total. The number of rotatable bonds is 7. The standard InChI is InChI=1S/C17H24N2O2S2/c1-2-3-9-19(12-15(18)20)16(21)13-5-7-14(8-6-13)17-22-10-4-11-23-17/h5-8,17H,2-4,9-12H2,1H3,(H2,18,20). The van der Waals surface area contributed by atoms with Gasteiger partial charge in [-0.1, -0.05) is 25.5 Å². The van der Waals surface area contributed by atoms with Gasteiger partial charge >= 0.3 is 0 Å². The number of hydrogen-bond acceptors (Lipinski definition) is 4. The normalized spacial score (nSPS) is 15.3. The van der Waals surface area contributed by atoms with Crippen LogP contribution in [0.4, 0.5) is 0 Å². The number of carbonyl (C=O) groups excluding carboxylic acids is 2. The van der Waals surface area contributed by atoms with Gasteiger partial charge in [-0.05, 0) is 42.0 Å². The Balaban J connectivity index is 2.05. The number of benzene rings is 1. The Morgan fingerprint density at radius 3 is 2.43 bits per heavy atom. The lowest BCUT2D eigenvalue weighted by atomic mass is 10.1. The van der Waals surface area contributed by atoms with Crippen LogP contribution in [-0.2, 0) is 4.79 Å². The zero-order chi connectivity index (χ0) is 16.7. The Morgan fingerprint density at radius 2 is 1.87 bits per heavy atom. The maximum absolute atomic E-state index is 12.6. The third-order valence-corrected chi connectivity index (χ3v) is 6.69. The minimum atomic E-state index is -0.471. The van der Waals surface area contributed by atoms with Crippen LogP contribution in [0.2, 0.25) is 0 Å². The highest BCUT2D eigenvalue weighted by molar-refractivity contribution is 8.16. The van der Waals surface area contributed by atoms with Gasteiger partial charge in [0.15, 0.2) is 0 Å². The molecule has 0 radical (unpaired) electrons. The third-order valence-electron chi connectivity index (χ3n) is 3.67. The lowest BCUT2D eigenvalue weighted by molar-refractivity contribution is -0.118. The number of nitrogens with two attached hydrogens (primary N) is 1. The molecule has 6 heteroatoms. The summed E-state index contributed by atoms with van der Waals surface area (Å²) >= 11 is 3.93. The molecule has 126 valence electrons. The highest BCUT2D eigenvalue weighted by atomic mass is 32.2. The SMILES string of the molecule is CCCCN(CC(N)=O)C(=O)c1ccc(C2SCCCS2)cc1. The molecular formula is C17H24N2O2S2. The molecule has 1 aromatic carbocycles. The molecular weight excluding hydrogens is 328 g/mol. The Labute approximate surface area is 146 Å². The van der Waals surface area contributed by atoms with Crippen molar-refractivity contribution < 1.29 is 9.59 Å². The van der Waals surface area contributed by atoms with E-state index in [9.17, 15) is 9.59 Å². The van der Waals surface area contributed by atoms with E-state index in [4.69, 9.17) is 5.73 Å². The van der Waals surface area contributed by atoms with E-state index in [0.717, 1.165) is 12.8 Å². The maximum Gasteiger partial charge on any atom is 0.254 e. The number of unbranched alkanes of at least 4 members (excludes halogenated alkanes) is 1. The number of thioether (sulfide) groups is 2. The van der Waals surface area contributed by atoms with E-state index in [1.54, 1.807) is 4.90 Å². The predicted molar refractivity (Wildman–Crippen MR) is 98.7 cm³/mol. The minimum absolute atomic E-state index is 0.0189. The molecule has 23 heavy (non-hydrogen) atoms. The van der Waals surface area contributed by atoms with Crippen LogP contribution in [0.15, 0.2) is 24.3 Å². The quantitative estimate of drug-likeness (QED) is 0.818. The van der Waals surface area contributed by atoms with E-state index < -0.39 is 5.91 Å². The molecule has 0 atom stereocenters. The summed E-state index contributed by atoms with van der Waals surface area (Å²) in [5.41, 5.74) is 7.14. The smallest absolute Gasteiger partial charge is 0.254 e. The molecule has 0 bridgehead atoms. The van der Waals surface area contributed by atoms with Crippen LogP contribution < -0.4 is 5.73 Å². The van der Waals surface area contributed by atoms with Crippen molar-refractivity contribution in [3.8, 4) is 0 Å². The summed E-state index contributed by atoms with van der Waals surface area (Å²) in [6.07, 6.45) is 3.10. The van der Waals surface area contributed by atoms with Gasteiger partial charge in [0, 0.05) is 12.1 Å². The molecule has 4 nitrogen and oxygen atoms in total. The van der Waals surface area contributed by atoms with E-state index >= 15 is 0 Å². The second kappa shape index (κ2) is 9.23. The van der Waals surface area contributed by atoms with Crippen molar-refractivity contribution in [1.29, 1.82) is 0 Å². The van der Waals surface area contributed by atoms with Crippen LogP contribution in [0.1, 0.15) is 46.7 Å². The Hall–Kier alpha value is -1.14. The summed E-state index contributed by atoms with van der Waals surface area (Å²) in [5, 5.41) is 0. The Morgan fingerprint density at radius 1 is 1.22 bits per heavy atom. The predicted octanol–water partition coefficient (Wildman–Crippen LogP) is 3.28. The topological polar surface area (TPSA) is 63.4 Å². The molecule has 0 aromatic heterocycles. The molecule has 0 aliphatic carbocycles. The summed E-state index contributed by atoms with van der Waals surface area (Å²) in [6.45, 7) is 2.60. The van der Waals surface area contributed by atoms with Crippen molar-refractivity contribution in [2.75, 3.05) is 24.6 Å². The first-order valence-electron chi connectivity index (χ1n) is 8.02. The van der Waals surface area contributed by atoms with Crippen molar-refractivity contribution in [1.82, 2.24) is 4.90 Å². The minimum Gasteiger partial charge on any atom is -0.368 e. The molecule has 1 aliphatic heterocycles. The van der Waals surface area contributed by atoms with Crippen LogP contribution in [0.5, 0.6) is 0 Å². The van der Waals surface area contributed by atoms with Gasteiger partial charge in [-0.2, -0.15) is 0 Å². The van der Waals surface area contributed by atoms with Gasteiger partial charge in [-0.15, -0.1) is 23.5 Å². The van der Waals surface area contributed by atoms with E-state index in [1.165, 1.54) is 23.5 Å². The van der Waals surface area contributed by atoms with E-state index in [-0.39, 0.29) is 12.5 Å². The van der Waals surface area contributed by atoms with E-state index in [1.807, 2.05) is 47.8 Å². The average molecular weight is 353 g/mol. The Kier molecular flexibility index (Phi) is 7.30. The number of primary amides is 1. The van der Waals surface area contributed by atoms with Crippen molar-refractivity contribution in [3.05, 3.63) is 35.4 Å². The van der Waals surface area contributed by atoms with Gasteiger partial charge in [-0.3, -0.25) is 9.59 Å². The van der Waals surface area contributed by atoms with Crippen molar-refractivity contribution in [3.63, 3.8) is 0 Å². The molecule has 1 saturated heterocycles. The largest absolute Gasteiger partial charge is 0.368 e. The Bertz CT molecular complexity index is 528. The zero-order valence-corrected chi connectivity index (χ0v) is 15.1. The third kappa shape index (κ3) is 5.46. The van der Waals surface area contributed by atoms with Crippen LogP contribution in [-0.4, -0.2) is 41.3 Å². The summed E-state index contributed by atoms with van der Waals surface area (Å²) in [7, 11) is 0. The van der Waals surface area contributed by atoms with Gasteiger partial charge < -0.3 is 10.6 Å². The fourth-order valence-electron chi connectivity index (χ4n) is 2.44. The highest BCUT2D eigenvalue weighted by Gasteiger charge is 2.19. The van der Waals surface area contributed by atoms with Crippen LogP contribution in [0.25, 0.3) is 0 Å². The van der Waals surface area contributed by atoms with Crippen LogP contribution in [0, 0.1) is 0 Å². The van der Waals surface area contributed by atoms with Gasteiger partial charge in [0.1, 0.15) is 0 Å². The fraction of sp³-hybridized carbons (Fsp3) is 0.529. The summed E-state index contributed by atoms with van der Waals surface area (Å²) in [5.74, 6) is 1.80. The van der Waals surface area contributed by atoms with Crippen LogP contribution in [0.3, 0.4) is 0 Å². The molecule has 1 heterocycles. The van der Waals surface area contributed by atoms with Crippen molar-refractivity contribution >= 4 is 35.3 Å². The summed E-state index contributed by atoms with van der Waals surface area (Å²) in [4.78, 5) is 25.3. The molecule has 2 amide bonds. The molecule has 0 unspecified atom stereocenters. The van der Waals surface area contributed by atoms with E-state index in [0.29, 0.717) is 16.7 Å². The lowest BCUT2D eigenvalue weighted by Crippen LogP contribution is -2.39. The van der Waals surface area contributed by atoms with Crippen molar-refractivity contribution in [2.45, 2.75) is 30.8 Å². The number of nitrogens with zero attached hydrogens (tertiary/aromatic N) is 1. The maximum atomic E-state index is 12.6. The second-order valence-corrected chi connectivity index (χ2v) is 8.32. The first kappa shape index (κ1) is 18.2. The molecule has 2 rings (SSSR count). The van der Waals surface area contributed by atoms with Gasteiger partial charge in [0.05, 0.1) is 11.1 Å². The van der Waals surface area contributed by atoms with Gasteiger partial charge in [-0.25, -0.2) is 0 Å². The van der Waals surface area contributed by atoms with Gasteiger partial charge in [0.25, 0.3) is 5.91 Å². The first-order valence-corrected chi connectivity index (χ1v) is 10.1. The zero-order valence-electron chi connectivity index (χ0n) is 13.5.